The summed E-state index contributed by atoms with van der Waals surface area (Å²) in [4.78, 5) is 0. The molecule has 0 aromatic carbocycles. The van der Waals surface area contributed by atoms with Gasteiger partial charge in [0.1, 0.15) is 0 Å². The second-order valence-corrected chi connectivity index (χ2v) is 1.55. The molecule has 0 aromatic rings. The number of rotatable bonds is 0. The van der Waals surface area contributed by atoms with Crippen LogP contribution >= 0.6 is 0 Å². The second kappa shape index (κ2) is 11.4. The molecule has 0 aliphatic rings. The standard InChI is InChI=1S/H4N2.H2O4S.O2S/c1-2;1-5(2,3)4;1-3-2/h1-2H2;(H2,1,2,3,4);. The Morgan fingerprint density at radius 2 is 1.10 bits per heavy atom. The lowest BCUT2D eigenvalue weighted by molar-refractivity contribution is 0.381. The van der Waals surface area contributed by atoms with Gasteiger partial charge < -0.3 is 0 Å². The highest BCUT2D eigenvalue weighted by Gasteiger charge is 1.84. The van der Waals surface area contributed by atoms with Gasteiger partial charge in [-0.1, -0.05) is 0 Å². The Hall–Kier alpha value is -0.390. The van der Waals surface area contributed by atoms with Crippen LogP contribution in [0.3, 0.4) is 0 Å². The van der Waals surface area contributed by atoms with E-state index < -0.39 is 22.0 Å². The molecule has 0 aliphatic carbocycles. The molecule has 0 bridgehead atoms. The minimum Gasteiger partial charge on any atom is -0.274 e. The lowest BCUT2D eigenvalue weighted by atomic mass is 13.0. The lowest BCUT2D eigenvalue weighted by Crippen LogP contribution is -2.02. The number of hydrogen-bond donors (Lipinski definition) is 4. The summed E-state index contributed by atoms with van der Waals surface area (Å²) in [6, 6.07) is 0. The molecule has 0 radical (unpaired) electrons. The Kier molecular flexibility index (Phi) is 18.6. The van der Waals surface area contributed by atoms with Crippen molar-refractivity contribution in [3.63, 3.8) is 0 Å². The van der Waals surface area contributed by atoms with E-state index >= 15 is 0 Å². The molecule has 0 saturated heterocycles. The van der Waals surface area contributed by atoms with E-state index in [1.54, 1.807) is 0 Å². The van der Waals surface area contributed by atoms with Crippen molar-refractivity contribution in [2.75, 3.05) is 0 Å². The van der Waals surface area contributed by atoms with Crippen LogP contribution in [0.5, 0.6) is 0 Å². The predicted octanol–water partition coefficient (Wildman–Crippen LogP) is -2.50. The Morgan fingerprint density at radius 3 is 1.10 bits per heavy atom. The van der Waals surface area contributed by atoms with Crippen molar-refractivity contribution in [2.24, 2.45) is 11.7 Å². The maximum Gasteiger partial charge on any atom is 0.394 e. The molecular formula is H6N2O6S2. The first kappa shape index (κ1) is 16.3. The number of nitrogens with two attached hydrogens (primary N) is 2. The average molecular weight is 194 g/mol. The van der Waals surface area contributed by atoms with E-state index in [9.17, 15) is 0 Å². The molecule has 10 heteroatoms. The zero-order valence-electron chi connectivity index (χ0n) is 4.50. The molecule has 0 aromatic heterocycles. The maximum absolute atomic E-state index is 8.74. The van der Waals surface area contributed by atoms with Gasteiger partial charge in [-0.25, -0.2) is 0 Å². The monoisotopic (exact) mass is 194 g/mol. The topological polar surface area (TPSA) is 161 Å². The van der Waals surface area contributed by atoms with Gasteiger partial charge in [0, 0.05) is 0 Å². The fourth-order valence-electron chi connectivity index (χ4n) is 0. The highest BCUT2D eigenvalue weighted by Crippen LogP contribution is 1.59. The van der Waals surface area contributed by atoms with Crippen LogP contribution < -0.4 is 11.7 Å². The largest absolute Gasteiger partial charge is 0.394 e. The van der Waals surface area contributed by atoms with Gasteiger partial charge in [-0.05, 0) is 0 Å². The zero-order chi connectivity index (χ0) is 9.21. The van der Waals surface area contributed by atoms with E-state index in [0.717, 1.165) is 0 Å². The van der Waals surface area contributed by atoms with Gasteiger partial charge in [-0.3, -0.25) is 20.8 Å². The molecule has 0 atom stereocenters. The van der Waals surface area contributed by atoms with Crippen LogP contribution in [0.15, 0.2) is 0 Å². The van der Waals surface area contributed by atoms with Crippen molar-refractivity contribution in [3.05, 3.63) is 0 Å². The Balaban J connectivity index is -0.0000000847. The van der Waals surface area contributed by atoms with Crippen molar-refractivity contribution in [1.29, 1.82) is 0 Å². The third-order valence-corrected chi connectivity index (χ3v) is 0. The summed E-state index contributed by atoms with van der Waals surface area (Å²) in [5.74, 6) is 8.00. The highest BCUT2D eigenvalue weighted by molar-refractivity contribution is 7.79. The maximum atomic E-state index is 8.74. The Labute approximate surface area is 60.4 Å². The molecule has 0 spiro atoms. The summed E-state index contributed by atoms with van der Waals surface area (Å²) < 4.78 is 48.2. The summed E-state index contributed by atoms with van der Waals surface area (Å²) in [6.45, 7) is 0. The van der Waals surface area contributed by atoms with Gasteiger partial charge in [0.05, 0.1) is 0 Å². The molecule has 0 saturated carbocycles. The molecule has 6 N–H and O–H groups in total. The highest BCUT2D eigenvalue weighted by atomic mass is 32.3. The van der Waals surface area contributed by atoms with Gasteiger partial charge in [-0.2, -0.15) is 16.8 Å². The van der Waals surface area contributed by atoms with Gasteiger partial charge in [0.15, 0.2) is 0 Å². The first-order valence-corrected chi connectivity index (χ1v) is 3.43. The third kappa shape index (κ3) is 2190. The normalized spacial score (nSPS) is 7.60. The van der Waals surface area contributed by atoms with E-state index in [2.05, 4.69) is 11.7 Å². The zero-order valence-corrected chi connectivity index (χ0v) is 6.13. The van der Waals surface area contributed by atoms with Crippen LogP contribution in [-0.4, -0.2) is 25.9 Å². The second-order valence-electron chi connectivity index (χ2n) is 0.516. The summed E-state index contributed by atoms with van der Waals surface area (Å²) in [5.41, 5.74) is 0. The van der Waals surface area contributed by atoms with Gasteiger partial charge in [0.2, 0.25) is 0 Å². The first-order chi connectivity index (χ1) is 4.41. The summed E-state index contributed by atoms with van der Waals surface area (Å²) in [6.07, 6.45) is 0. The summed E-state index contributed by atoms with van der Waals surface area (Å²) in [5, 5.41) is 0. The van der Waals surface area contributed by atoms with E-state index in [0.29, 0.717) is 0 Å². The molecule has 10 heavy (non-hydrogen) atoms. The van der Waals surface area contributed by atoms with E-state index in [-0.39, 0.29) is 0 Å². The quantitative estimate of drug-likeness (QED) is 0.187. The van der Waals surface area contributed by atoms with Crippen molar-refractivity contribution in [2.45, 2.75) is 0 Å². The van der Waals surface area contributed by atoms with E-state index in [4.69, 9.17) is 25.9 Å². The van der Waals surface area contributed by atoms with Crippen molar-refractivity contribution in [3.8, 4) is 0 Å². The predicted molar refractivity (Wildman–Crippen MR) is 31.5 cm³/mol. The fraction of sp³-hybridized carbons (Fsp3) is 0. The van der Waals surface area contributed by atoms with Gasteiger partial charge in [0.25, 0.3) is 0 Å². The molecule has 0 aliphatic heterocycles. The molecule has 0 rings (SSSR count). The Morgan fingerprint density at radius 1 is 1.10 bits per heavy atom. The Bertz CT molecular complexity index is 154. The third-order valence-electron chi connectivity index (χ3n) is 0. The average Bonchev–Trinajstić information content (AvgIpc) is 1.68. The molecule has 0 unspecified atom stereocenters. The molecule has 8 nitrogen and oxygen atoms in total. The van der Waals surface area contributed by atoms with Crippen LogP contribution in [0.1, 0.15) is 0 Å². The smallest absolute Gasteiger partial charge is 0.274 e. The van der Waals surface area contributed by atoms with Crippen molar-refractivity contribution >= 4 is 22.0 Å². The van der Waals surface area contributed by atoms with Crippen LogP contribution in [0.4, 0.5) is 0 Å². The van der Waals surface area contributed by atoms with E-state index in [1.165, 1.54) is 0 Å². The lowest BCUT2D eigenvalue weighted by Gasteiger charge is -1.68. The molecule has 0 fully saturated rings. The van der Waals surface area contributed by atoms with Crippen LogP contribution in [0.2, 0.25) is 0 Å². The number of hydrazine groups is 1. The summed E-state index contributed by atoms with van der Waals surface area (Å²) >= 11 is -0.750. The first-order valence-electron chi connectivity index (χ1n) is 1.37. The van der Waals surface area contributed by atoms with Crippen molar-refractivity contribution < 1.29 is 25.9 Å². The van der Waals surface area contributed by atoms with Crippen LogP contribution in [0.25, 0.3) is 0 Å². The van der Waals surface area contributed by atoms with Gasteiger partial charge in [-0.15, -0.1) is 0 Å². The van der Waals surface area contributed by atoms with Crippen LogP contribution in [0, 0.1) is 0 Å². The summed E-state index contributed by atoms with van der Waals surface area (Å²) in [7, 11) is -4.67. The van der Waals surface area contributed by atoms with Crippen LogP contribution in [-0.2, 0) is 22.0 Å². The van der Waals surface area contributed by atoms with Gasteiger partial charge >= 0.3 is 22.0 Å². The number of hydrogen-bond acceptors (Lipinski definition) is 6. The fourth-order valence-corrected chi connectivity index (χ4v) is 0. The van der Waals surface area contributed by atoms with Crippen molar-refractivity contribution in [1.82, 2.24) is 0 Å². The molecular weight excluding hydrogens is 188 g/mol. The molecule has 64 valence electrons. The minimum atomic E-state index is -4.67. The van der Waals surface area contributed by atoms with E-state index in [1.807, 2.05) is 0 Å². The SMILES string of the molecule is NN.O=S(=O)(O)O.O=S=O. The molecule has 0 heterocycles. The molecule has 0 amide bonds. The minimum absolute atomic E-state index is 0.750.